The molecule has 0 aliphatic rings. The number of carbonyl (C=O) groups excluding carboxylic acids is 1. The molecular weight excluding hydrogens is 187 g/mol. The average molecular weight is 199 g/mol. The fraction of sp³-hybridized carbons (Fsp3) is 0.857. The first-order chi connectivity index (χ1) is 5.64. The van der Waals surface area contributed by atoms with Crippen LogP contribution in [0.15, 0.2) is 0 Å². The Bertz CT molecular complexity index is 200. The van der Waals surface area contributed by atoms with Gasteiger partial charge < -0.3 is 10.5 Å². The van der Waals surface area contributed by atoms with E-state index in [1.54, 1.807) is 0 Å². The fourth-order valence-corrected chi connectivity index (χ4v) is 0.799. The molecule has 0 heterocycles. The number of rotatable bonds is 2. The van der Waals surface area contributed by atoms with Crippen LogP contribution in [0.2, 0.25) is 0 Å². The zero-order valence-electron chi connectivity index (χ0n) is 7.61. The summed E-state index contributed by atoms with van der Waals surface area (Å²) < 4.78 is 40.5. The second-order valence-corrected chi connectivity index (χ2v) is 3.23. The van der Waals surface area contributed by atoms with E-state index in [1.165, 1.54) is 0 Å². The molecule has 0 aliphatic heterocycles. The molecule has 13 heavy (non-hydrogen) atoms. The lowest BCUT2D eigenvalue weighted by atomic mass is 9.84. The van der Waals surface area contributed by atoms with E-state index in [0.717, 1.165) is 21.0 Å². The van der Waals surface area contributed by atoms with E-state index in [9.17, 15) is 18.0 Å². The van der Waals surface area contributed by atoms with Crippen molar-refractivity contribution in [2.45, 2.75) is 26.1 Å². The second-order valence-electron chi connectivity index (χ2n) is 3.23. The lowest BCUT2D eigenvalue weighted by molar-refractivity contribution is -0.186. The molecule has 2 N–H and O–H groups in total. The van der Waals surface area contributed by atoms with E-state index < -0.39 is 23.6 Å². The van der Waals surface area contributed by atoms with Crippen LogP contribution in [-0.2, 0) is 9.53 Å². The molecule has 0 rings (SSSR count). The van der Waals surface area contributed by atoms with Gasteiger partial charge in [-0.25, -0.2) is 0 Å². The Morgan fingerprint density at radius 1 is 1.38 bits per heavy atom. The largest absolute Gasteiger partial charge is 0.469 e. The number of halogens is 3. The summed E-state index contributed by atoms with van der Waals surface area (Å²) in [5, 5.41) is 0. The van der Waals surface area contributed by atoms with Crippen molar-refractivity contribution in [1.29, 1.82) is 0 Å². The molecule has 0 aliphatic carbocycles. The first kappa shape index (κ1) is 12.2. The Hall–Kier alpha value is -0.780. The minimum Gasteiger partial charge on any atom is -0.469 e. The van der Waals surface area contributed by atoms with Gasteiger partial charge in [0, 0.05) is 0 Å². The van der Waals surface area contributed by atoms with E-state index in [0.29, 0.717) is 0 Å². The van der Waals surface area contributed by atoms with E-state index in [-0.39, 0.29) is 0 Å². The fourth-order valence-electron chi connectivity index (χ4n) is 0.799. The molecule has 0 unspecified atom stereocenters. The van der Waals surface area contributed by atoms with E-state index in [4.69, 9.17) is 5.73 Å². The molecule has 0 radical (unpaired) electrons. The Morgan fingerprint density at radius 3 is 2.00 bits per heavy atom. The number of hydrogen-bond donors (Lipinski definition) is 1. The van der Waals surface area contributed by atoms with Crippen LogP contribution in [0.5, 0.6) is 0 Å². The van der Waals surface area contributed by atoms with Crippen molar-refractivity contribution in [3.8, 4) is 0 Å². The van der Waals surface area contributed by atoms with Gasteiger partial charge in [0.15, 0.2) is 0 Å². The van der Waals surface area contributed by atoms with Crippen LogP contribution < -0.4 is 5.73 Å². The molecule has 0 aromatic carbocycles. The minimum absolute atomic E-state index is 0.975. The van der Waals surface area contributed by atoms with Crippen molar-refractivity contribution < 1.29 is 22.7 Å². The highest BCUT2D eigenvalue weighted by atomic mass is 19.4. The smallest absolute Gasteiger partial charge is 0.404 e. The maximum absolute atomic E-state index is 12.1. The molecule has 0 bridgehead atoms. The molecule has 1 atom stereocenters. The molecular formula is C7H12F3NO2. The number of nitrogens with two attached hydrogens (primary N) is 1. The summed E-state index contributed by atoms with van der Waals surface area (Å²) in [4.78, 5) is 10.9. The van der Waals surface area contributed by atoms with Gasteiger partial charge in [0.25, 0.3) is 0 Å². The highest BCUT2D eigenvalue weighted by Crippen LogP contribution is 2.32. The summed E-state index contributed by atoms with van der Waals surface area (Å²) in [6.45, 7) is 2.19. The summed E-state index contributed by atoms with van der Waals surface area (Å²) >= 11 is 0. The normalized spacial score (nSPS) is 15.3. The summed E-state index contributed by atoms with van der Waals surface area (Å²) in [7, 11) is 1.02. The van der Waals surface area contributed by atoms with Gasteiger partial charge in [-0.15, -0.1) is 0 Å². The summed E-state index contributed by atoms with van der Waals surface area (Å²) in [6, 6.07) is -2.22. The monoisotopic (exact) mass is 199 g/mol. The Balaban J connectivity index is 4.74. The van der Waals surface area contributed by atoms with Crippen molar-refractivity contribution in [2.75, 3.05) is 7.11 Å². The molecule has 6 heteroatoms. The number of carbonyl (C=O) groups is 1. The summed E-state index contributed by atoms with van der Waals surface area (Å²) in [6.07, 6.45) is -4.60. The van der Waals surface area contributed by atoms with Crippen LogP contribution in [0.1, 0.15) is 13.8 Å². The van der Waals surface area contributed by atoms with Gasteiger partial charge in [-0.1, -0.05) is 0 Å². The van der Waals surface area contributed by atoms with E-state index in [2.05, 4.69) is 4.74 Å². The third kappa shape index (κ3) is 2.58. The first-order valence-corrected chi connectivity index (χ1v) is 3.54. The van der Waals surface area contributed by atoms with Crippen molar-refractivity contribution >= 4 is 5.97 Å². The van der Waals surface area contributed by atoms with Crippen molar-refractivity contribution in [1.82, 2.24) is 0 Å². The molecule has 0 fully saturated rings. The van der Waals surface area contributed by atoms with Gasteiger partial charge >= 0.3 is 12.1 Å². The van der Waals surface area contributed by atoms with Crippen molar-refractivity contribution in [3.63, 3.8) is 0 Å². The lowest BCUT2D eigenvalue weighted by Gasteiger charge is -2.29. The van der Waals surface area contributed by atoms with Crippen LogP contribution >= 0.6 is 0 Å². The Kier molecular flexibility index (Phi) is 3.32. The first-order valence-electron chi connectivity index (χ1n) is 3.54. The van der Waals surface area contributed by atoms with E-state index in [1.807, 2.05) is 0 Å². The zero-order valence-corrected chi connectivity index (χ0v) is 7.61. The van der Waals surface area contributed by atoms with Crippen LogP contribution in [0, 0.1) is 5.41 Å². The molecule has 0 saturated carbocycles. The highest BCUT2D eigenvalue weighted by molar-refractivity contribution is 5.76. The maximum atomic E-state index is 12.1. The molecule has 0 aromatic rings. The second kappa shape index (κ2) is 3.53. The zero-order chi connectivity index (χ0) is 10.9. The number of ether oxygens (including phenoxy) is 1. The predicted molar refractivity (Wildman–Crippen MR) is 39.8 cm³/mol. The lowest BCUT2D eigenvalue weighted by Crippen LogP contribution is -2.52. The van der Waals surface area contributed by atoms with Crippen LogP contribution in [0.25, 0.3) is 0 Å². The van der Waals surface area contributed by atoms with Gasteiger partial charge in [0.05, 0.1) is 12.5 Å². The molecule has 0 amide bonds. The summed E-state index contributed by atoms with van der Waals surface area (Å²) in [5.74, 6) is -0.975. The maximum Gasteiger partial charge on any atom is 0.404 e. The number of methoxy groups -OCH3 is 1. The quantitative estimate of drug-likeness (QED) is 0.677. The molecule has 0 spiro atoms. The number of hydrogen-bond acceptors (Lipinski definition) is 3. The third-order valence-corrected chi connectivity index (χ3v) is 1.84. The summed E-state index contributed by atoms with van der Waals surface area (Å²) in [5.41, 5.74) is 3.12. The van der Waals surface area contributed by atoms with E-state index >= 15 is 0 Å². The SMILES string of the molecule is COC(=O)C(C)(C)[C@H](N)C(F)(F)F. The standard InChI is InChI=1S/C7H12F3NO2/c1-6(2,5(12)13-3)4(11)7(8,9)10/h4H,11H2,1-3H3/t4-/m0/s1. The van der Waals surface area contributed by atoms with Gasteiger partial charge in [0.2, 0.25) is 0 Å². The van der Waals surface area contributed by atoms with Gasteiger partial charge in [-0.2, -0.15) is 13.2 Å². The Morgan fingerprint density at radius 2 is 1.77 bits per heavy atom. The van der Waals surface area contributed by atoms with Crippen LogP contribution in [-0.4, -0.2) is 25.3 Å². The number of esters is 1. The van der Waals surface area contributed by atoms with Crippen molar-refractivity contribution in [2.24, 2.45) is 11.1 Å². The van der Waals surface area contributed by atoms with Crippen LogP contribution in [0.3, 0.4) is 0 Å². The van der Waals surface area contributed by atoms with Crippen LogP contribution in [0.4, 0.5) is 13.2 Å². The molecule has 3 nitrogen and oxygen atoms in total. The molecule has 78 valence electrons. The average Bonchev–Trinajstić information content (AvgIpc) is 1.99. The third-order valence-electron chi connectivity index (χ3n) is 1.84. The van der Waals surface area contributed by atoms with Crippen molar-refractivity contribution in [3.05, 3.63) is 0 Å². The molecule has 0 aromatic heterocycles. The topological polar surface area (TPSA) is 52.3 Å². The predicted octanol–water partition coefficient (Wildman–Crippen LogP) is 1.08. The molecule has 0 saturated heterocycles. The highest BCUT2D eigenvalue weighted by Gasteiger charge is 2.50. The van der Waals surface area contributed by atoms with Gasteiger partial charge in [-0.05, 0) is 13.8 Å². The minimum atomic E-state index is -4.60. The Labute approximate surface area is 74.0 Å². The van der Waals surface area contributed by atoms with Gasteiger partial charge in [0.1, 0.15) is 6.04 Å². The van der Waals surface area contributed by atoms with Gasteiger partial charge in [-0.3, -0.25) is 4.79 Å². The number of alkyl halides is 3.